The van der Waals surface area contributed by atoms with Gasteiger partial charge in [0.15, 0.2) is 0 Å². The van der Waals surface area contributed by atoms with Gasteiger partial charge in [-0.1, -0.05) is 11.2 Å². The molecular formula is C18H19FN4O3S2. The van der Waals surface area contributed by atoms with Crippen molar-refractivity contribution >= 4 is 21.4 Å². The average Bonchev–Trinajstić information content (AvgIpc) is 3.35. The molecule has 0 amide bonds. The predicted octanol–water partition coefficient (Wildman–Crippen LogP) is 2.88. The van der Waals surface area contributed by atoms with Gasteiger partial charge in [-0.15, -0.1) is 11.3 Å². The minimum atomic E-state index is -3.65. The summed E-state index contributed by atoms with van der Waals surface area (Å²) in [7, 11) is -3.65. The number of piperidine rings is 1. The Bertz CT molecular complexity index is 1010. The van der Waals surface area contributed by atoms with Crippen molar-refractivity contribution in [3.05, 3.63) is 53.5 Å². The largest absolute Gasteiger partial charge is 0.338 e. The van der Waals surface area contributed by atoms with Crippen LogP contribution in [0.4, 0.5) is 4.39 Å². The number of thiophene rings is 1. The number of benzene rings is 1. The maximum absolute atomic E-state index is 13.0. The van der Waals surface area contributed by atoms with E-state index in [1.54, 1.807) is 11.3 Å². The van der Waals surface area contributed by atoms with Crippen molar-refractivity contribution in [2.45, 2.75) is 30.3 Å². The van der Waals surface area contributed by atoms with Crippen molar-refractivity contribution in [2.24, 2.45) is 0 Å². The molecule has 1 saturated heterocycles. The van der Waals surface area contributed by atoms with Gasteiger partial charge in [-0.2, -0.15) is 4.98 Å². The number of nitrogens with one attached hydrogen (secondary N) is 1. The Labute approximate surface area is 166 Å². The van der Waals surface area contributed by atoms with E-state index in [0.29, 0.717) is 44.2 Å². The lowest BCUT2D eigenvalue weighted by atomic mass is 10.1. The van der Waals surface area contributed by atoms with Crippen LogP contribution in [0.2, 0.25) is 0 Å². The summed E-state index contributed by atoms with van der Waals surface area (Å²) >= 11 is 1.56. The molecule has 0 spiro atoms. The lowest BCUT2D eigenvalue weighted by Crippen LogP contribution is -2.44. The summed E-state index contributed by atoms with van der Waals surface area (Å²) in [6.07, 6.45) is 1.35. The number of hydrogen-bond acceptors (Lipinski definition) is 7. The Balaban J connectivity index is 1.30. The molecule has 0 atom stereocenters. The first-order chi connectivity index (χ1) is 13.5. The Morgan fingerprint density at radius 3 is 2.64 bits per heavy atom. The summed E-state index contributed by atoms with van der Waals surface area (Å²) < 4.78 is 45.9. The van der Waals surface area contributed by atoms with E-state index in [9.17, 15) is 12.8 Å². The fourth-order valence-electron chi connectivity index (χ4n) is 3.13. The van der Waals surface area contributed by atoms with Crippen LogP contribution in [0.3, 0.4) is 0 Å². The molecule has 1 aliphatic rings. The number of sulfonamides is 1. The summed E-state index contributed by atoms with van der Waals surface area (Å²) in [5.74, 6) is 0.677. The fraction of sp³-hybridized carbons (Fsp3) is 0.333. The summed E-state index contributed by atoms with van der Waals surface area (Å²) in [5, 5.41) is 5.97. The molecule has 0 unspecified atom stereocenters. The Kier molecular flexibility index (Phi) is 5.54. The maximum atomic E-state index is 13.0. The number of nitrogens with zero attached hydrogens (tertiary/aromatic N) is 3. The molecule has 7 nitrogen and oxygen atoms in total. The predicted molar refractivity (Wildman–Crippen MR) is 103 cm³/mol. The number of rotatable bonds is 6. The van der Waals surface area contributed by atoms with Crippen molar-refractivity contribution in [3.63, 3.8) is 0 Å². The molecule has 0 bridgehead atoms. The SMILES string of the molecule is O=S(=O)(NC1CCN(Cc2nc(-c3cccs3)no2)CC1)c1ccc(F)cc1. The zero-order chi connectivity index (χ0) is 19.6. The second kappa shape index (κ2) is 8.08. The monoisotopic (exact) mass is 422 g/mol. The number of hydrogen-bond donors (Lipinski definition) is 1. The van der Waals surface area contributed by atoms with Crippen molar-refractivity contribution < 1.29 is 17.3 Å². The van der Waals surface area contributed by atoms with Gasteiger partial charge in [-0.3, -0.25) is 4.90 Å². The van der Waals surface area contributed by atoms with E-state index in [2.05, 4.69) is 19.8 Å². The molecule has 4 rings (SSSR count). The smallest absolute Gasteiger partial charge is 0.241 e. The normalized spacial score (nSPS) is 16.5. The molecule has 0 saturated carbocycles. The highest BCUT2D eigenvalue weighted by Crippen LogP contribution is 2.22. The molecule has 3 heterocycles. The molecule has 0 radical (unpaired) electrons. The molecule has 10 heteroatoms. The molecule has 1 fully saturated rings. The van der Waals surface area contributed by atoms with E-state index in [0.717, 1.165) is 17.0 Å². The standard InChI is InChI=1S/C18H19FN4O3S2/c19-13-3-5-15(6-4-13)28(24,25)22-14-7-9-23(10-8-14)12-17-20-18(21-26-17)16-2-1-11-27-16/h1-6,11,14,22H,7-10,12H2. The zero-order valence-electron chi connectivity index (χ0n) is 14.9. The Hall–Kier alpha value is -2.14. The minimum absolute atomic E-state index is 0.0725. The molecule has 0 aliphatic carbocycles. The van der Waals surface area contributed by atoms with Gasteiger partial charge in [0.25, 0.3) is 0 Å². The van der Waals surface area contributed by atoms with Crippen molar-refractivity contribution in [1.29, 1.82) is 0 Å². The van der Waals surface area contributed by atoms with E-state index in [1.807, 2.05) is 17.5 Å². The van der Waals surface area contributed by atoms with E-state index < -0.39 is 15.8 Å². The first-order valence-corrected chi connectivity index (χ1v) is 11.2. The van der Waals surface area contributed by atoms with Crippen LogP contribution >= 0.6 is 11.3 Å². The van der Waals surface area contributed by atoms with Crippen LogP contribution in [-0.2, 0) is 16.6 Å². The summed E-state index contributed by atoms with van der Waals surface area (Å²) in [4.78, 5) is 7.62. The van der Waals surface area contributed by atoms with Gasteiger partial charge in [-0.05, 0) is 48.6 Å². The van der Waals surface area contributed by atoms with Crippen LogP contribution in [0.15, 0.2) is 51.2 Å². The van der Waals surface area contributed by atoms with Gasteiger partial charge in [0.05, 0.1) is 16.3 Å². The van der Waals surface area contributed by atoms with E-state index in [-0.39, 0.29) is 10.9 Å². The number of likely N-dealkylation sites (tertiary alicyclic amines) is 1. The minimum Gasteiger partial charge on any atom is -0.338 e. The first kappa shape index (κ1) is 19.2. The lowest BCUT2D eigenvalue weighted by molar-refractivity contribution is 0.177. The summed E-state index contributed by atoms with van der Waals surface area (Å²) in [5.41, 5.74) is 0. The van der Waals surface area contributed by atoms with Gasteiger partial charge in [0, 0.05) is 19.1 Å². The van der Waals surface area contributed by atoms with Gasteiger partial charge >= 0.3 is 0 Å². The molecule has 3 aromatic rings. The molecule has 1 aromatic carbocycles. The lowest BCUT2D eigenvalue weighted by Gasteiger charge is -2.31. The number of halogens is 1. The Morgan fingerprint density at radius 2 is 1.96 bits per heavy atom. The maximum Gasteiger partial charge on any atom is 0.241 e. The van der Waals surface area contributed by atoms with Crippen LogP contribution in [0, 0.1) is 5.82 Å². The van der Waals surface area contributed by atoms with Crippen LogP contribution in [0.5, 0.6) is 0 Å². The quantitative estimate of drug-likeness (QED) is 0.657. The van der Waals surface area contributed by atoms with Gasteiger partial charge in [0.2, 0.25) is 21.7 Å². The molecular weight excluding hydrogens is 403 g/mol. The Morgan fingerprint density at radius 1 is 1.21 bits per heavy atom. The highest BCUT2D eigenvalue weighted by molar-refractivity contribution is 7.89. The van der Waals surface area contributed by atoms with E-state index in [4.69, 9.17) is 4.52 Å². The molecule has 1 aliphatic heterocycles. The highest BCUT2D eigenvalue weighted by Gasteiger charge is 2.25. The van der Waals surface area contributed by atoms with E-state index >= 15 is 0 Å². The number of aromatic nitrogens is 2. The molecule has 2 aromatic heterocycles. The third kappa shape index (κ3) is 4.46. The van der Waals surface area contributed by atoms with Crippen molar-refractivity contribution in [1.82, 2.24) is 19.8 Å². The third-order valence-electron chi connectivity index (χ3n) is 4.60. The summed E-state index contributed by atoms with van der Waals surface area (Å²) in [6, 6.07) is 8.56. The van der Waals surface area contributed by atoms with Gasteiger partial charge < -0.3 is 4.52 Å². The zero-order valence-corrected chi connectivity index (χ0v) is 16.5. The fourth-order valence-corrected chi connectivity index (χ4v) is 5.08. The second-order valence-corrected chi connectivity index (χ2v) is 9.28. The van der Waals surface area contributed by atoms with Crippen molar-refractivity contribution in [3.8, 4) is 10.7 Å². The van der Waals surface area contributed by atoms with E-state index in [1.165, 1.54) is 12.1 Å². The van der Waals surface area contributed by atoms with Crippen LogP contribution < -0.4 is 4.72 Å². The third-order valence-corrected chi connectivity index (χ3v) is 7.00. The molecule has 1 N–H and O–H groups in total. The van der Waals surface area contributed by atoms with Gasteiger partial charge in [-0.25, -0.2) is 17.5 Å². The highest BCUT2D eigenvalue weighted by atomic mass is 32.2. The summed E-state index contributed by atoms with van der Waals surface area (Å²) in [6.45, 7) is 1.97. The van der Waals surface area contributed by atoms with Crippen molar-refractivity contribution in [2.75, 3.05) is 13.1 Å². The topological polar surface area (TPSA) is 88.3 Å². The van der Waals surface area contributed by atoms with Gasteiger partial charge in [0.1, 0.15) is 5.82 Å². The first-order valence-electron chi connectivity index (χ1n) is 8.86. The van der Waals surface area contributed by atoms with Crippen LogP contribution in [-0.4, -0.2) is 42.6 Å². The van der Waals surface area contributed by atoms with Crippen LogP contribution in [0.1, 0.15) is 18.7 Å². The second-order valence-electron chi connectivity index (χ2n) is 6.61. The average molecular weight is 423 g/mol. The molecule has 28 heavy (non-hydrogen) atoms. The van der Waals surface area contributed by atoms with Crippen LogP contribution in [0.25, 0.3) is 10.7 Å². The molecule has 148 valence electrons.